The summed E-state index contributed by atoms with van der Waals surface area (Å²) in [6.45, 7) is 0. The van der Waals surface area contributed by atoms with E-state index in [1.165, 1.54) is 4.68 Å². The maximum Gasteiger partial charge on any atom is 0.194 e. The van der Waals surface area contributed by atoms with Gasteiger partial charge in [0.25, 0.3) is 0 Å². The molecule has 0 saturated heterocycles. The first kappa shape index (κ1) is 11.9. The summed E-state index contributed by atoms with van der Waals surface area (Å²) in [6.07, 6.45) is 1.92. The highest BCUT2D eigenvalue weighted by Gasteiger charge is 2.30. The number of anilines is 1. The van der Waals surface area contributed by atoms with E-state index in [-0.39, 0.29) is 23.0 Å². The summed E-state index contributed by atoms with van der Waals surface area (Å²) >= 11 is 0. The third-order valence-electron chi connectivity index (χ3n) is 3.18. The van der Waals surface area contributed by atoms with Crippen molar-refractivity contribution in [2.24, 2.45) is 0 Å². The number of hydrogen-bond acceptors (Lipinski definition) is 3. The lowest BCUT2D eigenvalue weighted by Gasteiger charge is -2.02. The average molecular weight is 268 g/mol. The van der Waals surface area contributed by atoms with Gasteiger partial charge in [0, 0.05) is 11.5 Å². The number of rotatable bonds is 2. The molecule has 2 aromatic rings. The fourth-order valence-corrected chi connectivity index (χ4v) is 2.00. The molecule has 1 fully saturated rings. The number of aromatic nitrogens is 2. The Labute approximate surface area is 106 Å². The number of benzene rings is 1. The topological polar surface area (TPSA) is 69.9 Å². The molecule has 7 heteroatoms. The van der Waals surface area contributed by atoms with Gasteiger partial charge in [0.1, 0.15) is 11.5 Å². The van der Waals surface area contributed by atoms with E-state index in [1.807, 2.05) is 0 Å². The monoisotopic (exact) mass is 268 g/mol. The summed E-state index contributed by atoms with van der Waals surface area (Å²) in [6, 6.07) is 1.71. The van der Waals surface area contributed by atoms with Gasteiger partial charge in [-0.05, 0) is 25.0 Å². The van der Waals surface area contributed by atoms with Crippen molar-refractivity contribution in [1.29, 1.82) is 0 Å². The van der Waals surface area contributed by atoms with Crippen LogP contribution in [-0.2, 0) is 0 Å². The van der Waals surface area contributed by atoms with Gasteiger partial charge >= 0.3 is 0 Å². The van der Waals surface area contributed by atoms with Crippen LogP contribution in [0.2, 0.25) is 0 Å². The molecule has 3 rings (SSSR count). The van der Waals surface area contributed by atoms with Crippen molar-refractivity contribution < 1.29 is 13.2 Å². The zero-order valence-electron chi connectivity index (χ0n) is 9.83. The van der Waals surface area contributed by atoms with E-state index in [0.717, 1.165) is 25.0 Å². The van der Waals surface area contributed by atoms with E-state index in [2.05, 4.69) is 4.98 Å². The molecule has 19 heavy (non-hydrogen) atoms. The third-order valence-corrected chi connectivity index (χ3v) is 3.18. The summed E-state index contributed by atoms with van der Waals surface area (Å²) < 4.78 is 40.6. The third kappa shape index (κ3) is 1.81. The van der Waals surface area contributed by atoms with Crippen LogP contribution in [0, 0.1) is 17.5 Å². The molecule has 1 aromatic heterocycles. The highest BCUT2D eigenvalue weighted by atomic mass is 19.2. The first-order valence-electron chi connectivity index (χ1n) is 5.77. The molecule has 0 unspecified atom stereocenters. The van der Waals surface area contributed by atoms with E-state index >= 15 is 0 Å². The molecule has 0 radical (unpaired) electrons. The van der Waals surface area contributed by atoms with Gasteiger partial charge in [0.2, 0.25) is 0 Å². The van der Waals surface area contributed by atoms with Crippen LogP contribution >= 0.6 is 0 Å². The number of nitrogens with zero attached hydrogens (tertiary/aromatic N) is 2. The summed E-state index contributed by atoms with van der Waals surface area (Å²) in [5.74, 6) is 2.59. The normalized spacial score (nSPS) is 14.9. The van der Waals surface area contributed by atoms with E-state index < -0.39 is 17.5 Å². The molecule has 0 aliphatic heterocycles. The van der Waals surface area contributed by atoms with Crippen LogP contribution in [0.5, 0.6) is 0 Å². The van der Waals surface area contributed by atoms with Gasteiger partial charge in [-0.25, -0.2) is 22.8 Å². The lowest BCUT2D eigenvalue weighted by Crippen LogP contribution is -2.14. The van der Waals surface area contributed by atoms with Crippen molar-refractivity contribution in [2.75, 3.05) is 11.6 Å². The predicted molar refractivity (Wildman–Crippen MR) is 64.1 cm³/mol. The number of halogens is 3. The smallest absolute Gasteiger partial charge is 0.194 e. The number of nitrogen functional groups attached to an aromatic ring is 2. The first-order chi connectivity index (χ1) is 8.99. The Morgan fingerprint density at radius 3 is 2.26 bits per heavy atom. The van der Waals surface area contributed by atoms with Crippen LogP contribution in [-0.4, -0.2) is 9.66 Å². The number of hydrogen-bond donors (Lipinski definition) is 2. The fourth-order valence-electron chi connectivity index (χ4n) is 2.00. The van der Waals surface area contributed by atoms with Crippen molar-refractivity contribution >= 4 is 5.82 Å². The lowest BCUT2D eigenvalue weighted by molar-refractivity contribution is 0.447. The Hall–Kier alpha value is -2.18. The first-order valence-corrected chi connectivity index (χ1v) is 5.77. The molecule has 1 aliphatic rings. The Kier molecular flexibility index (Phi) is 2.44. The van der Waals surface area contributed by atoms with Crippen molar-refractivity contribution in [2.45, 2.75) is 18.8 Å². The van der Waals surface area contributed by atoms with Crippen LogP contribution < -0.4 is 11.6 Å². The highest BCUT2D eigenvalue weighted by molar-refractivity contribution is 5.71. The molecule has 4 nitrogen and oxygen atoms in total. The minimum atomic E-state index is -1.52. The van der Waals surface area contributed by atoms with Crippen LogP contribution in [0.3, 0.4) is 0 Å². The molecule has 1 heterocycles. The lowest BCUT2D eigenvalue weighted by atomic mass is 10.1. The standard InChI is InChI=1S/C12H11F3N4/c13-7-3-6(4-8(14)9(7)15)10-11(16)19(17)12(18-10)5-1-2-5/h3-5H,1-2,16-17H2. The Balaban J connectivity index is 2.14. The van der Waals surface area contributed by atoms with Crippen LogP contribution in [0.4, 0.5) is 19.0 Å². The molecule has 0 spiro atoms. The van der Waals surface area contributed by atoms with Crippen LogP contribution in [0.25, 0.3) is 11.3 Å². The van der Waals surface area contributed by atoms with Gasteiger partial charge in [-0.3, -0.25) is 0 Å². The second-order valence-corrected chi connectivity index (χ2v) is 4.60. The Morgan fingerprint density at radius 1 is 1.16 bits per heavy atom. The Morgan fingerprint density at radius 2 is 1.74 bits per heavy atom. The van der Waals surface area contributed by atoms with E-state index in [0.29, 0.717) is 5.82 Å². The van der Waals surface area contributed by atoms with E-state index in [1.54, 1.807) is 0 Å². The number of nitrogens with two attached hydrogens (primary N) is 2. The van der Waals surface area contributed by atoms with Crippen LogP contribution in [0.1, 0.15) is 24.6 Å². The van der Waals surface area contributed by atoms with E-state index in [9.17, 15) is 13.2 Å². The molecule has 1 aliphatic carbocycles. The van der Waals surface area contributed by atoms with Gasteiger partial charge in [0.05, 0.1) is 0 Å². The molecular formula is C12H11F3N4. The van der Waals surface area contributed by atoms with Gasteiger partial charge in [-0.2, -0.15) is 0 Å². The maximum atomic E-state index is 13.2. The SMILES string of the molecule is Nc1c(-c2cc(F)c(F)c(F)c2)nc(C2CC2)n1N. The van der Waals surface area contributed by atoms with Crippen molar-refractivity contribution in [3.05, 3.63) is 35.4 Å². The number of imidazole rings is 1. The molecule has 4 N–H and O–H groups in total. The van der Waals surface area contributed by atoms with Gasteiger partial charge in [-0.15, -0.1) is 0 Å². The van der Waals surface area contributed by atoms with Gasteiger partial charge in [-0.1, -0.05) is 0 Å². The van der Waals surface area contributed by atoms with Crippen molar-refractivity contribution in [3.8, 4) is 11.3 Å². The van der Waals surface area contributed by atoms with Gasteiger partial charge < -0.3 is 11.6 Å². The van der Waals surface area contributed by atoms with Gasteiger partial charge in [0.15, 0.2) is 23.3 Å². The molecule has 1 aromatic carbocycles. The molecule has 0 atom stereocenters. The second kappa shape index (κ2) is 3.91. The summed E-state index contributed by atoms with van der Waals surface area (Å²) in [4.78, 5) is 4.21. The average Bonchev–Trinajstić information content (AvgIpc) is 3.15. The minimum Gasteiger partial charge on any atom is -0.382 e. The van der Waals surface area contributed by atoms with Crippen molar-refractivity contribution in [3.63, 3.8) is 0 Å². The summed E-state index contributed by atoms with van der Waals surface area (Å²) in [5.41, 5.74) is 6.01. The fraction of sp³-hybridized carbons (Fsp3) is 0.250. The zero-order chi connectivity index (χ0) is 13.7. The maximum absolute atomic E-state index is 13.2. The van der Waals surface area contributed by atoms with Crippen molar-refractivity contribution in [1.82, 2.24) is 9.66 Å². The largest absolute Gasteiger partial charge is 0.382 e. The molecule has 0 bridgehead atoms. The Bertz CT molecular complexity index is 638. The minimum absolute atomic E-state index is 0.0694. The second-order valence-electron chi connectivity index (χ2n) is 4.60. The van der Waals surface area contributed by atoms with E-state index in [4.69, 9.17) is 11.6 Å². The van der Waals surface area contributed by atoms with Crippen LogP contribution in [0.15, 0.2) is 12.1 Å². The molecule has 100 valence electrons. The summed E-state index contributed by atoms with van der Waals surface area (Å²) in [5, 5.41) is 0. The summed E-state index contributed by atoms with van der Waals surface area (Å²) in [7, 11) is 0. The zero-order valence-corrected chi connectivity index (χ0v) is 9.83. The molecule has 0 amide bonds. The highest BCUT2D eigenvalue weighted by Crippen LogP contribution is 2.41. The predicted octanol–water partition coefficient (Wildman–Crippen LogP) is 2.14. The molecule has 1 saturated carbocycles. The molecular weight excluding hydrogens is 257 g/mol. The quantitative estimate of drug-likeness (QED) is 0.647.